The van der Waals surface area contributed by atoms with Crippen molar-refractivity contribution in [3.8, 4) is 50.2 Å². The van der Waals surface area contributed by atoms with Gasteiger partial charge in [0.15, 0.2) is 0 Å². The molecule has 15 aromatic rings. The first-order chi connectivity index (χ1) is 54.8. The van der Waals surface area contributed by atoms with Gasteiger partial charge >= 0.3 is 0 Å². The number of hydrogen-bond donors (Lipinski definition) is 0. The maximum Gasteiger partial charge on any atom is 0.252 e. The highest BCUT2D eigenvalue weighted by molar-refractivity contribution is 8.00. The van der Waals surface area contributed by atoms with Crippen LogP contribution in [0.3, 0.4) is 0 Å². The molecule has 0 aliphatic carbocycles. The van der Waals surface area contributed by atoms with Gasteiger partial charge in [-0.05, 0) is 194 Å². The van der Waals surface area contributed by atoms with E-state index in [2.05, 4.69) is 435 Å². The maximum atomic E-state index is 2.77. The Kier molecular flexibility index (Phi) is 17.1. The number of anilines is 9. The molecular weight excluding hydrogens is 1410 g/mol. The van der Waals surface area contributed by atoms with E-state index in [4.69, 9.17) is 0 Å². The van der Waals surface area contributed by atoms with Gasteiger partial charge < -0.3 is 19.3 Å². The molecule has 7 heteroatoms. The minimum Gasteiger partial charge on any atom is -0.311 e. The molecule has 0 N–H and O–H groups in total. The minimum atomic E-state index is -0.288. The number of nitrogens with zero attached hydrogens (tertiary/aromatic N) is 4. The lowest BCUT2D eigenvalue weighted by atomic mass is 9.30. The summed E-state index contributed by atoms with van der Waals surface area (Å²) < 4.78 is 2.61. The molecule has 566 valence electrons. The summed E-state index contributed by atoms with van der Waals surface area (Å²) in [5.41, 5.74) is 38.1. The van der Waals surface area contributed by atoms with Crippen molar-refractivity contribution in [2.75, 3.05) is 14.7 Å². The quantitative estimate of drug-likeness (QED) is 0.141. The van der Waals surface area contributed by atoms with Crippen LogP contribution in [0.5, 0.6) is 0 Å². The van der Waals surface area contributed by atoms with E-state index < -0.39 is 0 Å². The predicted octanol–water partition coefficient (Wildman–Crippen LogP) is 26.1. The standard InChI is InChI=1S/C108H102B2N4S/c1-103(2,3)71-45-51-77(52-46-71)111-92-66-93-88(65-87(92)109-85-53-47-74(106(10,11)12)59-91(85)113(95-61-76(108(16,17)18)60-94(111)99(95)109)101-79(67-33-23-19-24-34-67)41-31-42-80(101)68-35-25-20-26-36-68)110-86-54-48-75(107(13,14)15)62-97(86)115-98-64-78(112-89-55-49-72(104(4,5)6)57-83(89)84-58-73(105(7,8)9)50-56-90(84)112)63-96(100(98)110)114(93)102-81(69-37-27-21-28-38-69)43-32-44-82(102)70-39-29-22-30-40-70/h19-66H,1-18H3. The molecule has 0 unspecified atom stereocenters. The Labute approximate surface area is 687 Å². The molecule has 0 saturated heterocycles. The lowest BCUT2D eigenvalue weighted by molar-refractivity contribution is 0.589. The highest BCUT2D eigenvalue weighted by Crippen LogP contribution is 2.56. The van der Waals surface area contributed by atoms with Crippen molar-refractivity contribution >= 4 is 131 Å². The topological polar surface area (TPSA) is 14.7 Å². The molecule has 0 fully saturated rings. The molecule has 115 heavy (non-hydrogen) atoms. The number of aromatic nitrogens is 1. The summed E-state index contributed by atoms with van der Waals surface area (Å²) in [5.74, 6) is 0. The summed E-state index contributed by atoms with van der Waals surface area (Å²) in [4.78, 5) is 10.8. The minimum absolute atomic E-state index is 0.0660. The van der Waals surface area contributed by atoms with Crippen LogP contribution in [0.2, 0.25) is 0 Å². The Bertz CT molecular complexity index is 6240. The Morgan fingerprint density at radius 2 is 0.591 bits per heavy atom. The van der Waals surface area contributed by atoms with Crippen molar-refractivity contribution in [2.24, 2.45) is 0 Å². The molecule has 0 bridgehead atoms. The van der Waals surface area contributed by atoms with Gasteiger partial charge in [0.1, 0.15) is 0 Å². The highest BCUT2D eigenvalue weighted by Gasteiger charge is 2.50. The van der Waals surface area contributed by atoms with Gasteiger partial charge in [-0.15, -0.1) is 0 Å². The molecule has 14 aromatic carbocycles. The number of fused-ring (bicyclic) bond motifs is 11. The van der Waals surface area contributed by atoms with Gasteiger partial charge in [0, 0.05) is 88.3 Å². The zero-order valence-electron chi connectivity index (χ0n) is 70.1. The van der Waals surface area contributed by atoms with Crippen LogP contribution in [0.1, 0.15) is 158 Å². The van der Waals surface area contributed by atoms with Crippen molar-refractivity contribution in [1.29, 1.82) is 0 Å². The van der Waals surface area contributed by atoms with E-state index in [0.717, 1.165) is 56.4 Å². The number of hydrogen-bond acceptors (Lipinski definition) is 4. The van der Waals surface area contributed by atoms with E-state index in [-0.39, 0.29) is 45.9 Å². The van der Waals surface area contributed by atoms with Crippen molar-refractivity contribution in [3.05, 3.63) is 325 Å². The fourth-order valence-electron chi connectivity index (χ4n) is 18.8. The number of benzene rings is 14. The fourth-order valence-corrected chi connectivity index (χ4v) is 20.0. The Morgan fingerprint density at radius 3 is 1.03 bits per heavy atom. The molecular formula is C108H102B2N4S. The average Bonchev–Trinajstić information content (AvgIpc) is 0.791. The van der Waals surface area contributed by atoms with Crippen LogP contribution in [-0.4, -0.2) is 18.0 Å². The Balaban J connectivity index is 0.988. The first kappa shape index (κ1) is 73.9. The molecule has 19 rings (SSSR count). The molecule has 0 radical (unpaired) electrons. The highest BCUT2D eigenvalue weighted by atomic mass is 32.2. The smallest absolute Gasteiger partial charge is 0.252 e. The predicted molar refractivity (Wildman–Crippen MR) is 499 cm³/mol. The molecule has 4 aliphatic heterocycles. The van der Waals surface area contributed by atoms with E-state index in [1.165, 1.54) is 143 Å². The number of para-hydroxylation sites is 2. The Morgan fingerprint density at radius 1 is 0.235 bits per heavy atom. The second-order valence-corrected chi connectivity index (χ2v) is 40.1. The lowest BCUT2D eigenvalue weighted by Crippen LogP contribution is -2.65. The average molecular weight is 1510 g/mol. The van der Waals surface area contributed by atoms with Crippen LogP contribution >= 0.6 is 11.8 Å². The van der Waals surface area contributed by atoms with Crippen LogP contribution in [0.15, 0.2) is 301 Å². The van der Waals surface area contributed by atoms with Crippen molar-refractivity contribution < 1.29 is 0 Å². The second-order valence-electron chi connectivity index (χ2n) is 39.0. The summed E-state index contributed by atoms with van der Waals surface area (Å²) in [6.07, 6.45) is 0. The maximum absolute atomic E-state index is 2.77. The van der Waals surface area contributed by atoms with Crippen molar-refractivity contribution in [1.82, 2.24) is 4.57 Å². The van der Waals surface area contributed by atoms with Gasteiger partial charge in [0.2, 0.25) is 6.71 Å². The van der Waals surface area contributed by atoms with Crippen LogP contribution in [0.25, 0.3) is 72.0 Å². The van der Waals surface area contributed by atoms with Crippen molar-refractivity contribution in [3.63, 3.8) is 0 Å². The monoisotopic (exact) mass is 1510 g/mol. The van der Waals surface area contributed by atoms with Gasteiger partial charge in [-0.3, -0.25) is 0 Å². The molecule has 4 aliphatic rings. The van der Waals surface area contributed by atoms with E-state index in [1.54, 1.807) is 0 Å². The largest absolute Gasteiger partial charge is 0.311 e. The molecule has 0 amide bonds. The van der Waals surface area contributed by atoms with Crippen LogP contribution in [0.4, 0.5) is 51.2 Å². The second kappa shape index (κ2) is 26.7. The van der Waals surface area contributed by atoms with Gasteiger partial charge in [0.25, 0.3) is 6.71 Å². The summed E-state index contributed by atoms with van der Waals surface area (Å²) in [7, 11) is 0. The molecule has 1 aromatic heterocycles. The van der Waals surface area contributed by atoms with Gasteiger partial charge in [-0.25, -0.2) is 0 Å². The summed E-state index contributed by atoms with van der Waals surface area (Å²) in [6, 6.07) is 114. The molecule has 5 heterocycles. The third-order valence-electron chi connectivity index (χ3n) is 25.2. The molecule has 0 atom stereocenters. The zero-order chi connectivity index (χ0) is 79.9. The fraction of sp³-hybridized carbons (Fsp3) is 0.222. The number of rotatable bonds is 8. The SMILES string of the molecule is CC(C)(C)c1ccc(N2c3cc4c(cc3B3c5ccc(C(C)(C)C)cc5N(c5c(-c6ccccc6)cccc5-c5ccccc5)c5cc(C(C)(C)C)cc2c53)B2c3ccc(C(C)(C)C)cc3Sc3cc(-n5c6ccc(C(C)(C)C)cc6c6cc(C(C)(C)C)ccc65)cc(c32)N4c2c(-c3ccccc3)cccc2-c2ccccc2)cc1. The molecule has 0 saturated carbocycles. The van der Waals surface area contributed by atoms with Gasteiger partial charge in [-0.2, -0.15) is 0 Å². The van der Waals surface area contributed by atoms with E-state index >= 15 is 0 Å². The third kappa shape index (κ3) is 12.3. The van der Waals surface area contributed by atoms with Crippen LogP contribution in [0, 0.1) is 0 Å². The van der Waals surface area contributed by atoms with Gasteiger partial charge in [-0.1, -0.05) is 354 Å². The lowest BCUT2D eigenvalue weighted by Gasteiger charge is -2.48. The van der Waals surface area contributed by atoms with Crippen LogP contribution < -0.4 is 47.5 Å². The van der Waals surface area contributed by atoms with Crippen LogP contribution in [-0.2, 0) is 32.5 Å². The third-order valence-corrected chi connectivity index (χ3v) is 26.3. The summed E-state index contributed by atoms with van der Waals surface area (Å²) in [5, 5.41) is 2.54. The molecule has 0 spiro atoms. The van der Waals surface area contributed by atoms with Gasteiger partial charge in [0.05, 0.1) is 22.4 Å². The summed E-state index contributed by atoms with van der Waals surface area (Å²) >= 11 is 1.96. The zero-order valence-corrected chi connectivity index (χ0v) is 70.9. The normalized spacial score (nSPS) is 13.9. The van der Waals surface area contributed by atoms with E-state index in [9.17, 15) is 0 Å². The first-order valence-electron chi connectivity index (χ1n) is 41.4. The summed E-state index contributed by atoms with van der Waals surface area (Å²) in [6.45, 7) is 42.1. The van der Waals surface area contributed by atoms with E-state index in [0.29, 0.717) is 0 Å². The molecule has 4 nitrogen and oxygen atoms in total. The van der Waals surface area contributed by atoms with E-state index in [1.807, 2.05) is 11.8 Å². The van der Waals surface area contributed by atoms with Crippen molar-refractivity contribution in [2.45, 2.75) is 167 Å². The first-order valence-corrected chi connectivity index (χ1v) is 42.3. The Hall–Kier alpha value is -11.2.